The molecule has 61 valence electrons. The van der Waals surface area contributed by atoms with Gasteiger partial charge in [0.15, 0.2) is 0 Å². The van der Waals surface area contributed by atoms with Crippen LogP contribution in [0.4, 0.5) is 0 Å². The van der Waals surface area contributed by atoms with Gasteiger partial charge in [0.25, 0.3) is 0 Å². The molecule has 1 radical (unpaired) electrons. The lowest BCUT2D eigenvalue weighted by atomic mass is 10.0. The first-order chi connectivity index (χ1) is 5.79. The van der Waals surface area contributed by atoms with Crippen molar-refractivity contribution < 1.29 is 9.90 Å². The monoisotopic (exact) mass is 161 g/mol. The largest absolute Gasteiger partial charge is 0.386 e. The summed E-state index contributed by atoms with van der Waals surface area (Å²) < 4.78 is 0. The molecule has 2 nitrogen and oxygen atoms in total. The fraction of sp³-hybridized carbons (Fsp3) is 0.300. The van der Waals surface area contributed by atoms with E-state index in [-0.39, 0.29) is 0 Å². The summed E-state index contributed by atoms with van der Waals surface area (Å²) in [6.07, 6.45) is 2.23. The molecule has 2 heteroatoms. The first-order valence-electron chi connectivity index (χ1n) is 4.09. The van der Waals surface area contributed by atoms with Crippen molar-refractivity contribution in [1.82, 2.24) is 0 Å². The fourth-order valence-electron chi connectivity index (χ4n) is 1.43. The molecule has 1 aliphatic rings. The van der Waals surface area contributed by atoms with Crippen molar-refractivity contribution in [3.8, 4) is 0 Å². The van der Waals surface area contributed by atoms with Gasteiger partial charge in [-0.2, -0.15) is 0 Å². The standard InChI is InChI=1S/C10H9O2/c11-10(12)9-4-2-1-3-8(9)7-5-6-7/h1-4,7H,5-6H2. The van der Waals surface area contributed by atoms with E-state index in [4.69, 9.17) is 0 Å². The van der Waals surface area contributed by atoms with Crippen molar-refractivity contribution >= 4 is 5.97 Å². The Morgan fingerprint density at radius 2 is 1.92 bits per heavy atom. The van der Waals surface area contributed by atoms with Crippen molar-refractivity contribution in [3.05, 3.63) is 35.4 Å². The Kier molecular flexibility index (Phi) is 1.61. The minimum absolute atomic E-state index is 0.361. The third-order valence-corrected chi connectivity index (χ3v) is 2.20. The van der Waals surface area contributed by atoms with Crippen molar-refractivity contribution in [3.63, 3.8) is 0 Å². The number of hydrogen-bond donors (Lipinski definition) is 0. The Bertz CT molecular complexity index is 313. The Morgan fingerprint density at radius 1 is 1.25 bits per heavy atom. The number of carbonyl (C=O) groups excluding carboxylic acids is 1. The molecular weight excluding hydrogens is 152 g/mol. The number of hydrogen-bond acceptors (Lipinski definition) is 1. The van der Waals surface area contributed by atoms with Crippen LogP contribution in [-0.4, -0.2) is 5.97 Å². The highest BCUT2D eigenvalue weighted by molar-refractivity contribution is 5.89. The topological polar surface area (TPSA) is 37.0 Å². The van der Waals surface area contributed by atoms with Gasteiger partial charge in [0.2, 0.25) is 0 Å². The van der Waals surface area contributed by atoms with E-state index in [1.807, 2.05) is 12.1 Å². The first kappa shape index (κ1) is 7.35. The van der Waals surface area contributed by atoms with E-state index < -0.39 is 5.97 Å². The SMILES string of the molecule is [O]C(=O)c1ccccc1C1CC1. The predicted molar refractivity (Wildman–Crippen MR) is 43.4 cm³/mol. The minimum Gasteiger partial charge on any atom is -0.241 e. The van der Waals surface area contributed by atoms with Crippen LogP contribution in [0, 0.1) is 0 Å². The molecule has 0 heterocycles. The molecule has 1 aromatic rings. The quantitative estimate of drug-likeness (QED) is 0.654. The summed E-state index contributed by atoms with van der Waals surface area (Å²) in [5.74, 6) is -0.586. The van der Waals surface area contributed by atoms with Crippen molar-refractivity contribution in [2.45, 2.75) is 18.8 Å². The van der Waals surface area contributed by atoms with Crippen molar-refractivity contribution in [1.29, 1.82) is 0 Å². The highest BCUT2D eigenvalue weighted by atomic mass is 16.4. The molecule has 0 aliphatic heterocycles. The van der Waals surface area contributed by atoms with Gasteiger partial charge in [-0.25, -0.2) is 9.90 Å². The fourth-order valence-corrected chi connectivity index (χ4v) is 1.43. The zero-order valence-electron chi connectivity index (χ0n) is 6.62. The van der Waals surface area contributed by atoms with E-state index in [2.05, 4.69) is 0 Å². The maximum absolute atomic E-state index is 10.6. The van der Waals surface area contributed by atoms with Gasteiger partial charge < -0.3 is 0 Å². The van der Waals surface area contributed by atoms with E-state index >= 15 is 0 Å². The van der Waals surface area contributed by atoms with Crippen LogP contribution in [0.25, 0.3) is 0 Å². The lowest BCUT2D eigenvalue weighted by Crippen LogP contribution is -1.98. The maximum atomic E-state index is 10.6. The number of rotatable bonds is 2. The minimum atomic E-state index is -1.06. The molecule has 0 unspecified atom stereocenters. The summed E-state index contributed by atoms with van der Waals surface area (Å²) in [5, 5.41) is 10.6. The van der Waals surface area contributed by atoms with Gasteiger partial charge in [0.05, 0.1) is 5.56 Å². The Labute approximate surface area is 70.8 Å². The van der Waals surface area contributed by atoms with Gasteiger partial charge in [-0.3, -0.25) is 0 Å². The zero-order valence-corrected chi connectivity index (χ0v) is 6.62. The van der Waals surface area contributed by atoms with Crippen molar-refractivity contribution in [2.24, 2.45) is 0 Å². The predicted octanol–water partition coefficient (Wildman–Crippen LogP) is 2.13. The Hall–Kier alpha value is -1.31. The van der Waals surface area contributed by atoms with Crippen molar-refractivity contribution in [2.75, 3.05) is 0 Å². The molecule has 1 aromatic carbocycles. The molecule has 0 aromatic heterocycles. The highest BCUT2D eigenvalue weighted by Gasteiger charge is 2.27. The average molecular weight is 161 g/mol. The molecule has 0 atom stereocenters. The van der Waals surface area contributed by atoms with Crippen LogP contribution in [0.3, 0.4) is 0 Å². The van der Waals surface area contributed by atoms with Gasteiger partial charge in [-0.1, -0.05) is 18.2 Å². The zero-order chi connectivity index (χ0) is 8.55. The van der Waals surface area contributed by atoms with Gasteiger partial charge in [-0.05, 0) is 30.4 Å². The molecule has 1 saturated carbocycles. The van der Waals surface area contributed by atoms with Gasteiger partial charge in [0, 0.05) is 0 Å². The summed E-state index contributed by atoms with van der Waals surface area (Å²) in [5.41, 5.74) is 1.30. The summed E-state index contributed by atoms with van der Waals surface area (Å²) >= 11 is 0. The lowest BCUT2D eigenvalue weighted by Gasteiger charge is -2.00. The number of benzene rings is 1. The van der Waals surface area contributed by atoms with E-state index in [9.17, 15) is 9.90 Å². The lowest BCUT2D eigenvalue weighted by molar-refractivity contribution is 0.0572. The second-order valence-electron chi connectivity index (χ2n) is 3.15. The van der Waals surface area contributed by atoms with E-state index in [0.717, 1.165) is 18.4 Å². The summed E-state index contributed by atoms with van der Waals surface area (Å²) in [6, 6.07) is 7.10. The van der Waals surface area contributed by atoms with E-state index in [1.54, 1.807) is 12.1 Å². The second-order valence-corrected chi connectivity index (χ2v) is 3.15. The van der Waals surface area contributed by atoms with E-state index in [1.165, 1.54) is 0 Å². The van der Waals surface area contributed by atoms with Crippen LogP contribution >= 0.6 is 0 Å². The summed E-state index contributed by atoms with van der Waals surface area (Å²) in [6.45, 7) is 0. The maximum Gasteiger partial charge on any atom is 0.386 e. The molecule has 1 aliphatic carbocycles. The van der Waals surface area contributed by atoms with E-state index in [0.29, 0.717) is 11.5 Å². The third-order valence-electron chi connectivity index (χ3n) is 2.20. The molecule has 0 saturated heterocycles. The molecule has 0 amide bonds. The molecular formula is C10H9O2. The molecule has 1 fully saturated rings. The Morgan fingerprint density at radius 3 is 2.50 bits per heavy atom. The van der Waals surface area contributed by atoms with Crippen LogP contribution in [0.1, 0.15) is 34.7 Å². The molecule has 0 spiro atoms. The van der Waals surface area contributed by atoms with Crippen LogP contribution in [0.5, 0.6) is 0 Å². The second kappa shape index (κ2) is 2.63. The number of carbonyl (C=O) groups is 1. The molecule has 2 rings (SSSR count). The van der Waals surface area contributed by atoms with Gasteiger partial charge in [0.1, 0.15) is 0 Å². The normalized spacial score (nSPS) is 16.0. The molecule has 0 N–H and O–H groups in total. The average Bonchev–Trinajstić information content (AvgIpc) is 2.87. The van der Waals surface area contributed by atoms with Crippen LogP contribution in [0.2, 0.25) is 0 Å². The summed E-state index contributed by atoms with van der Waals surface area (Å²) in [7, 11) is 0. The third kappa shape index (κ3) is 1.20. The first-order valence-corrected chi connectivity index (χ1v) is 4.09. The molecule has 0 bridgehead atoms. The smallest absolute Gasteiger partial charge is 0.241 e. The van der Waals surface area contributed by atoms with Crippen LogP contribution in [-0.2, 0) is 5.11 Å². The highest BCUT2D eigenvalue weighted by Crippen LogP contribution is 2.41. The molecule has 12 heavy (non-hydrogen) atoms. The Balaban J connectivity index is 2.43. The van der Waals surface area contributed by atoms with Crippen LogP contribution < -0.4 is 0 Å². The van der Waals surface area contributed by atoms with Crippen LogP contribution in [0.15, 0.2) is 24.3 Å². The van der Waals surface area contributed by atoms with Gasteiger partial charge >= 0.3 is 5.97 Å². The summed E-state index contributed by atoms with van der Waals surface area (Å²) in [4.78, 5) is 10.6. The van der Waals surface area contributed by atoms with Gasteiger partial charge in [-0.15, -0.1) is 0 Å².